The summed E-state index contributed by atoms with van der Waals surface area (Å²) in [5.74, 6) is 1.34. The molecule has 1 aromatic heterocycles. The second-order valence-electron chi connectivity index (χ2n) is 5.89. The van der Waals surface area contributed by atoms with Gasteiger partial charge in [-0.15, -0.1) is 10.2 Å². The standard InChI is InChI=1S/C16H20ClFN4O2/c1-23-6-5-22-14(20-21-16(22)10-7-11(19)8-10)9-24-13-4-2-3-12(17)15(13)18/h2-4,10-11H,5-9,19H2,1H3. The van der Waals surface area contributed by atoms with E-state index >= 15 is 0 Å². The van der Waals surface area contributed by atoms with Gasteiger partial charge in [0.05, 0.1) is 11.6 Å². The summed E-state index contributed by atoms with van der Waals surface area (Å²) in [7, 11) is 1.64. The summed E-state index contributed by atoms with van der Waals surface area (Å²) in [6.45, 7) is 1.25. The SMILES string of the molecule is COCCn1c(COc2cccc(Cl)c2F)nnc1C1CC(N)C1. The Hall–Kier alpha value is -1.70. The first-order valence-electron chi connectivity index (χ1n) is 7.83. The van der Waals surface area contributed by atoms with E-state index in [1.165, 1.54) is 12.1 Å². The topological polar surface area (TPSA) is 75.2 Å². The third-order valence-electron chi connectivity index (χ3n) is 4.19. The molecular weight excluding hydrogens is 335 g/mol. The first-order chi connectivity index (χ1) is 11.6. The van der Waals surface area contributed by atoms with Crippen LogP contribution >= 0.6 is 11.6 Å². The Morgan fingerprint density at radius 3 is 2.88 bits per heavy atom. The molecule has 8 heteroatoms. The highest BCUT2D eigenvalue weighted by Crippen LogP contribution is 2.35. The van der Waals surface area contributed by atoms with Crippen LogP contribution in [0.3, 0.4) is 0 Å². The number of hydrogen-bond acceptors (Lipinski definition) is 5. The Morgan fingerprint density at radius 2 is 2.17 bits per heavy atom. The van der Waals surface area contributed by atoms with E-state index in [-0.39, 0.29) is 23.4 Å². The molecule has 0 amide bonds. The van der Waals surface area contributed by atoms with Crippen molar-refractivity contribution >= 4 is 11.6 Å². The van der Waals surface area contributed by atoms with Crippen LogP contribution < -0.4 is 10.5 Å². The number of nitrogens with zero attached hydrogens (tertiary/aromatic N) is 3. The second-order valence-corrected chi connectivity index (χ2v) is 6.30. The van der Waals surface area contributed by atoms with Crippen LogP contribution in [0.5, 0.6) is 5.75 Å². The predicted octanol–water partition coefficient (Wildman–Crippen LogP) is 2.50. The van der Waals surface area contributed by atoms with Crippen LogP contribution in [-0.2, 0) is 17.9 Å². The molecule has 130 valence electrons. The number of halogens is 2. The molecule has 0 bridgehead atoms. The van der Waals surface area contributed by atoms with E-state index in [1.54, 1.807) is 13.2 Å². The molecule has 0 saturated heterocycles. The predicted molar refractivity (Wildman–Crippen MR) is 87.6 cm³/mol. The third-order valence-corrected chi connectivity index (χ3v) is 4.48. The van der Waals surface area contributed by atoms with Crippen LogP contribution in [-0.4, -0.2) is 34.5 Å². The highest BCUT2D eigenvalue weighted by Gasteiger charge is 2.32. The van der Waals surface area contributed by atoms with Gasteiger partial charge in [-0.05, 0) is 25.0 Å². The number of hydrogen-bond donors (Lipinski definition) is 1. The third kappa shape index (κ3) is 3.53. The number of rotatable bonds is 7. The maximum atomic E-state index is 13.9. The molecule has 0 atom stereocenters. The lowest BCUT2D eigenvalue weighted by atomic mass is 9.80. The Balaban J connectivity index is 1.75. The van der Waals surface area contributed by atoms with Crippen molar-refractivity contribution in [2.75, 3.05) is 13.7 Å². The van der Waals surface area contributed by atoms with Crippen molar-refractivity contribution in [3.8, 4) is 5.75 Å². The van der Waals surface area contributed by atoms with Gasteiger partial charge < -0.3 is 19.8 Å². The zero-order valence-corrected chi connectivity index (χ0v) is 14.2. The molecule has 1 fully saturated rings. The van der Waals surface area contributed by atoms with Gasteiger partial charge in [0.1, 0.15) is 12.4 Å². The fourth-order valence-corrected chi connectivity index (χ4v) is 2.96. The monoisotopic (exact) mass is 354 g/mol. The molecule has 2 N–H and O–H groups in total. The largest absolute Gasteiger partial charge is 0.482 e. The molecule has 24 heavy (non-hydrogen) atoms. The van der Waals surface area contributed by atoms with Crippen LogP contribution in [0.15, 0.2) is 18.2 Å². The zero-order valence-electron chi connectivity index (χ0n) is 13.4. The smallest absolute Gasteiger partial charge is 0.183 e. The Labute approximate surface area is 144 Å². The molecule has 1 aliphatic rings. The Kier molecular flexibility index (Phi) is 5.33. The van der Waals surface area contributed by atoms with Crippen LogP contribution in [0.2, 0.25) is 5.02 Å². The minimum absolute atomic E-state index is 0.0255. The highest BCUT2D eigenvalue weighted by atomic mass is 35.5. The van der Waals surface area contributed by atoms with Gasteiger partial charge in [0.15, 0.2) is 17.4 Å². The van der Waals surface area contributed by atoms with E-state index < -0.39 is 5.82 Å². The second kappa shape index (κ2) is 7.46. The van der Waals surface area contributed by atoms with E-state index in [0.29, 0.717) is 24.9 Å². The van der Waals surface area contributed by atoms with Gasteiger partial charge in [0.2, 0.25) is 0 Å². The summed E-state index contributed by atoms with van der Waals surface area (Å²) < 4.78 is 26.6. The van der Waals surface area contributed by atoms with Gasteiger partial charge in [-0.25, -0.2) is 4.39 Å². The van der Waals surface area contributed by atoms with Crippen LogP contribution in [0.25, 0.3) is 0 Å². The summed E-state index contributed by atoms with van der Waals surface area (Å²) in [5.41, 5.74) is 5.87. The molecule has 1 saturated carbocycles. The van der Waals surface area contributed by atoms with Crippen molar-refractivity contribution in [3.63, 3.8) is 0 Å². The van der Waals surface area contributed by atoms with E-state index in [9.17, 15) is 4.39 Å². The molecule has 6 nitrogen and oxygen atoms in total. The van der Waals surface area contributed by atoms with Crippen molar-refractivity contribution in [1.29, 1.82) is 0 Å². The molecule has 1 heterocycles. The summed E-state index contributed by atoms with van der Waals surface area (Å²) in [6, 6.07) is 4.87. The normalized spacial score (nSPS) is 20.0. The summed E-state index contributed by atoms with van der Waals surface area (Å²) in [6.07, 6.45) is 1.80. The molecule has 0 radical (unpaired) electrons. The number of methoxy groups -OCH3 is 1. The minimum Gasteiger partial charge on any atom is -0.482 e. The van der Waals surface area contributed by atoms with Gasteiger partial charge in [-0.1, -0.05) is 17.7 Å². The maximum absolute atomic E-state index is 13.9. The molecule has 1 aliphatic carbocycles. The van der Waals surface area contributed by atoms with Crippen molar-refractivity contribution in [2.45, 2.75) is 38.0 Å². The van der Waals surface area contributed by atoms with Crippen LogP contribution in [0.1, 0.15) is 30.4 Å². The van der Waals surface area contributed by atoms with Gasteiger partial charge in [-0.3, -0.25) is 0 Å². The van der Waals surface area contributed by atoms with Gasteiger partial charge in [0, 0.05) is 25.6 Å². The van der Waals surface area contributed by atoms with Gasteiger partial charge in [0.25, 0.3) is 0 Å². The van der Waals surface area contributed by atoms with E-state index in [0.717, 1.165) is 18.7 Å². The fourth-order valence-electron chi connectivity index (χ4n) is 2.79. The van der Waals surface area contributed by atoms with Crippen molar-refractivity contribution in [1.82, 2.24) is 14.8 Å². The number of nitrogens with two attached hydrogens (primary N) is 1. The Morgan fingerprint density at radius 1 is 1.38 bits per heavy atom. The summed E-state index contributed by atoms with van der Waals surface area (Å²) in [5, 5.41) is 8.51. The molecule has 3 rings (SSSR count). The molecule has 2 aromatic rings. The average molecular weight is 355 g/mol. The van der Waals surface area contributed by atoms with Crippen molar-refractivity contribution < 1.29 is 13.9 Å². The quantitative estimate of drug-likeness (QED) is 0.826. The highest BCUT2D eigenvalue weighted by molar-refractivity contribution is 6.30. The maximum Gasteiger partial charge on any atom is 0.183 e. The number of benzene rings is 1. The average Bonchev–Trinajstić information content (AvgIpc) is 2.93. The lowest BCUT2D eigenvalue weighted by Crippen LogP contribution is -2.36. The van der Waals surface area contributed by atoms with Crippen LogP contribution in [0.4, 0.5) is 4.39 Å². The molecule has 0 spiro atoms. The minimum atomic E-state index is -0.577. The lowest BCUT2D eigenvalue weighted by Gasteiger charge is -2.31. The van der Waals surface area contributed by atoms with Crippen LogP contribution in [0, 0.1) is 5.82 Å². The van der Waals surface area contributed by atoms with Gasteiger partial charge in [-0.2, -0.15) is 0 Å². The molecule has 1 aromatic carbocycles. The molecule has 0 aliphatic heterocycles. The van der Waals surface area contributed by atoms with Gasteiger partial charge >= 0.3 is 0 Å². The molecular formula is C16H20ClFN4O2. The van der Waals surface area contributed by atoms with E-state index in [1.807, 2.05) is 4.57 Å². The fraction of sp³-hybridized carbons (Fsp3) is 0.500. The number of ether oxygens (including phenoxy) is 2. The Bertz CT molecular complexity index is 703. The lowest BCUT2D eigenvalue weighted by molar-refractivity contribution is 0.180. The van der Waals surface area contributed by atoms with E-state index in [4.69, 9.17) is 26.8 Å². The first kappa shape index (κ1) is 17.1. The van der Waals surface area contributed by atoms with Crippen molar-refractivity contribution in [2.24, 2.45) is 5.73 Å². The zero-order chi connectivity index (χ0) is 17.1. The first-order valence-corrected chi connectivity index (χ1v) is 8.21. The van der Waals surface area contributed by atoms with E-state index in [2.05, 4.69) is 10.2 Å². The summed E-state index contributed by atoms with van der Waals surface area (Å²) in [4.78, 5) is 0. The molecule has 0 unspecified atom stereocenters. The number of aromatic nitrogens is 3. The summed E-state index contributed by atoms with van der Waals surface area (Å²) >= 11 is 5.76. The van der Waals surface area contributed by atoms with Crippen molar-refractivity contribution in [3.05, 3.63) is 40.7 Å².